The van der Waals surface area contributed by atoms with Crippen molar-refractivity contribution < 1.29 is 0 Å². The van der Waals surface area contributed by atoms with Crippen LogP contribution in [0.15, 0.2) is 139 Å². The molecule has 0 heterocycles. The Bertz CT molecular complexity index is 2090. The zero-order valence-electron chi connectivity index (χ0n) is 22.0. The van der Waals surface area contributed by atoms with Crippen LogP contribution in [0.25, 0.3) is 59.8 Å². The molecule has 0 amide bonds. The zero-order valence-corrected chi connectivity index (χ0v) is 22.0. The van der Waals surface area contributed by atoms with Gasteiger partial charge in [0.25, 0.3) is 0 Å². The van der Waals surface area contributed by atoms with E-state index in [1.54, 1.807) is 0 Å². The lowest BCUT2D eigenvalue weighted by Gasteiger charge is -2.24. The zero-order chi connectivity index (χ0) is 25.9. The van der Waals surface area contributed by atoms with Gasteiger partial charge in [-0.2, -0.15) is 0 Å². The topological polar surface area (TPSA) is 0 Å². The van der Waals surface area contributed by atoms with Gasteiger partial charge in [0.1, 0.15) is 0 Å². The minimum absolute atomic E-state index is 0.456. The van der Waals surface area contributed by atoms with Crippen LogP contribution in [0, 0.1) is 12.8 Å². The molecule has 6 aromatic rings. The molecule has 0 N–H and O–H groups in total. The van der Waals surface area contributed by atoms with E-state index in [-0.39, 0.29) is 0 Å². The molecule has 184 valence electrons. The lowest BCUT2D eigenvalue weighted by atomic mass is 9.80. The van der Waals surface area contributed by atoms with E-state index in [0.29, 0.717) is 5.92 Å². The van der Waals surface area contributed by atoms with Gasteiger partial charge in [-0.15, -0.1) is 0 Å². The van der Waals surface area contributed by atoms with E-state index in [4.69, 9.17) is 0 Å². The number of benzene rings is 6. The molecule has 0 nitrogen and oxygen atoms in total. The second kappa shape index (κ2) is 8.68. The van der Waals surface area contributed by atoms with Crippen molar-refractivity contribution in [3.05, 3.63) is 150 Å². The fourth-order valence-corrected chi connectivity index (χ4v) is 6.77. The molecule has 0 spiro atoms. The number of allylic oxidation sites excluding steroid dienone is 8. The van der Waals surface area contributed by atoms with E-state index in [1.165, 1.54) is 76.5 Å². The standard InChI is InChI=1S/C39H28/c1-25-20-21-34-35(22-25)37(31-19-9-13-27-11-3-5-15-29(27)31)24-38-33-17-7-6-16-32(33)36(23-39(34)38)30-18-8-12-26-10-2-4-14-28(26)30/h2-11,13-24,26H,12H2,1H3. The Hall–Kier alpha value is -4.68. The summed E-state index contributed by atoms with van der Waals surface area (Å²) in [6, 6.07) is 36.3. The molecule has 6 aromatic carbocycles. The summed E-state index contributed by atoms with van der Waals surface area (Å²) in [5, 5.41) is 10.5. The molecule has 8 rings (SSSR count). The molecule has 1 atom stereocenters. The Morgan fingerprint density at radius 2 is 1.28 bits per heavy atom. The van der Waals surface area contributed by atoms with Crippen molar-refractivity contribution in [1.29, 1.82) is 0 Å². The van der Waals surface area contributed by atoms with E-state index in [9.17, 15) is 0 Å². The second-order valence-corrected chi connectivity index (χ2v) is 10.9. The summed E-state index contributed by atoms with van der Waals surface area (Å²) in [6.07, 6.45) is 14.8. The minimum Gasteiger partial charge on any atom is -0.0830 e. The van der Waals surface area contributed by atoms with E-state index in [1.807, 2.05) is 0 Å². The van der Waals surface area contributed by atoms with Gasteiger partial charge in [-0.25, -0.2) is 0 Å². The van der Waals surface area contributed by atoms with Gasteiger partial charge in [0, 0.05) is 5.92 Å². The lowest BCUT2D eigenvalue weighted by Crippen LogP contribution is -2.07. The molecule has 1 unspecified atom stereocenters. The normalized spacial score (nSPS) is 16.6. The first-order chi connectivity index (χ1) is 19.3. The van der Waals surface area contributed by atoms with Gasteiger partial charge in [-0.3, -0.25) is 0 Å². The van der Waals surface area contributed by atoms with Gasteiger partial charge in [-0.1, -0.05) is 127 Å². The average molecular weight is 497 g/mol. The molecular formula is C39H28. The maximum absolute atomic E-state index is 2.46. The Morgan fingerprint density at radius 3 is 2.18 bits per heavy atom. The molecule has 0 radical (unpaired) electrons. The van der Waals surface area contributed by atoms with Crippen molar-refractivity contribution in [2.24, 2.45) is 5.92 Å². The second-order valence-electron chi connectivity index (χ2n) is 10.9. The van der Waals surface area contributed by atoms with Crippen molar-refractivity contribution >= 4 is 48.7 Å². The third-order valence-electron chi connectivity index (χ3n) is 8.62. The van der Waals surface area contributed by atoms with Crippen LogP contribution in [-0.4, -0.2) is 0 Å². The summed E-state index contributed by atoms with van der Waals surface area (Å²) in [5.74, 6) is 0.456. The smallest absolute Gasteiger partial charge is 0.00618 e. The molecule has 0 aromatic heterocycles. The molecular weight excluding hydrogens is 468 g/mol. The highest BCUT2D eigenvalue weighted by molar-refractivity contribution is 6.24. The fourth-order valence-electron chi connectivity index (χ4n) is 6.77. The fraction of sp³-hybridized carbons (Fsp3) is 0.0769. The molecule has 2 aliphatic rings. The van der Waals surface area contributed by atoms with Crippen molar-refractivity contribution in [3.8, 4) is 11.1 Å². The number of hydrogen-bond donors (Lipinski definition) is 0. The summed E-state index contributed by atoms with van der Waals surface area (Å²) >= 11 is 0. The minimum atomic E-state index is 0.456. The SMILES string of the molecule is Cc1ccc2c(c1)c(-c1cccc3ccccc13)cc1c3ccccc3c(C3=C4C=CC=CC4CC=C3)cc21. The average Bonchev–Trinajstić information content (AvgIpc) is 2.99. The van der Waals surface area contributed by atoms with Gasteiger partial charge < -0.3 is 0 Å². The maximum Gasteiger partial charge on any atom is 0.00618 e. The Morgan fingerprint density at radius 1 is 0.538 bits per heavy atom. The number of aryl methyl sites for hydroxylation is 1. The van der Waals surface area contributed by atoms with Crippen LogP contribution in [0.3, 0.4) is 0 Å². The van der Waals surface area contributed by atoms with E-state index >= 15 is 0 Å². The van der Waals surface area contributed by atoms with Crippen LogP contribution in [-0.2, 0) is 0 Å². The Kier molecular flexibility index (Phi) is 4.97. The predicted octanol–water partition coefficient (Wildman–Crippen LogP) is 10.7. The molecule has 0 fully saturated rings. The van der Waals surface area contributed by atoms with Gasteiger partial charge >= 0.3 is 0 Å². The Balaban J connectivity index is 1.52. The molecule has 2 aliphatic carbocycles. The van der Waals surface area contributed by atoms with E-state index in [0.717, 1.165) is 6.42 Å². The summed E-state index contributed by atoms with van der Waals surface area (Å²) in [7, 11) is 0. The van der Waals surface area contributed by atoms with Crippen molar-refractivity contribution in [1.82, 2.24) is 0 Å². The van der Waals surface area contributed by atoms with Crippen LogP contribution in [0.4, 0.5) is 0 Å². The summed E-state index contributed by atoms with van der Waals surface area (Å²) in [4.78, 5) is 0. The highest BCUT2D eigenvalue weighted by Gasteiger charge is 2.21. The number of hydrogen-bond acceptors (Lipinski definition) is 0. The van der Waals surface area contributed by atoms with Crippen LogP contribution < -0.4 is 0 Å². The maximum atomic E-state index is 2.46. The lowest BCUT2D eigenvalue weighted by molar-refractivity contribution is 0.784. The highest BCUT2D eigenvalue weighted by Crippen LogP contribution is 2.44. The molecule has 0 heteroatoms. The van der Waals surface area contributed by atoms with Crippen molar-refractivity contribution in [3.63, 3.8) is 0 Å². The van der Waals surface area contributed by atoms with E-state index < -0.39 is 0 Å². The molecule has 0 bridgehead atoms. The third-order valence-corrected chi connectivity index (χ3v) is 8.62. The molecule has 0 aliphatic heterocycles. The van der Waals surface area contributed by atoms with Crippen LogP contribution >= 0.6 is 0 Å². The van der Waals surface area contributed by atoms with Gasteiger partial charge in [0.05, 0.1) is 0 Å². The molecule has 0 saturated carbocycles. The quantitative estimate of drug-likeness (QED) is 0.209. The Labute approximate surface area is 228 Å². The number of fused-ring (bicyclic) bond motifs is 7. The van der Waals surface area contributed by atoms with Gasteiger partial charge in [0.2, 0.25) is 0 Å². The predicted molar refractivity (Wildman–Crippen MR) is 169 cm³/mol. The molecule has 39 heavy (non-hydrogen) atoms. The van der Waals surface area contributed by atoms with Crippen LogP contribution in [0.5, 0.6) is 0 Å². The third kappa shape index (κ3) is 3.45. The van der Waals surface area contributed by atoms with Crippen LogP contribution in [0.1, 0.15) is 17.5 Å². The first-order valence-corrected chi connectivity index (χ1v) is 13.9. The van der Waals surface area contributed by atoms with Crippen molar-refractivity contribution in [2.45, 2.75) is 13.3 Å². The first-order valence-electron chi connectivity index (χ1n) is 13.9. The monoisotopic (exact) mass is 496 g/mol. The summed E-state index contributed by atoms with van der Waals surface area (Å²) in [6.45, 7) is 2.20. The summed E-state index contributed by atoms with van der Waals surface area (Å²) in [5.41, 5.74) is 7.98. The van der Waals surface area contributed by atoms with Gasteiger partial charge in [0.15, 0.2) is 0 Å². The van der Waals surface area contributed by atoms with Gasteiger partial charge in [-0.05, 0) is 96.4 Å². The summed E-state index contributed by atoms with van der Waals surface area (Å²) < 4.78 is 0. The largest absolute Gasteiger partial charge is 0.0830 e. The number of rotatable bonds is 2. The first kappa shape index (κ1) is 22.3. The molecule has 0 saturated heterocycles. The van der Waals surface area contributed by atoms with E-state index in [2.05, 4.69) is 140 Å². The van der Waals surface area contributed by atoms with Crippen molar-refractivity contribution in [2.75, 3.05) is 0 Å². The highest BCUT2D eigenvalue weighted by atomic mass is 14.2. The van der Waals surface area contributed by atoms with Crippen LogP contribution in [0.2, 0.25) is 0 Å².